The smallest absolute Gasteiger partial charge is 0.266 e. The molecule has 0 atom stereocenters. The van der Waals surface area contributed by atoms with E-state index in [2.05, 4.69) is 9.71 Å². The number of aromatic amines is 1. The van der Waals surface area contributed by atoms with Gasteiger partial charge in [0, 0.05) is 6.20 Å². The molecule has 0 saturated heterocycles. The van der Waals surface area contributed by atoms with Crippen molar-refractivity contribution in [1.29, 1.82) is 0 Å². The van der Waals surface area contributed by atoms with E-state index >= 15 is 0 Å². The van der Waals surface area contributed by atoms with Crippen LogP contribution in [0.3, 0.4) is 0 Å². The molecule has 106 valence electrons. The molecule has 0 saturated carbocycles. The average Bonchev–Trinajstić information content (AvgIpc) is 2.37. The highest BCUT2D eigenvalue weighted by molar-refractivity contribution is 7.92. The van der Waals surface area contributed by atoms with E-state index in [-0.39, 0.29) is 9.92 Å². The lowest BCUT2D eigenvalue weighted by Crippen LogP contribution is -2.17. The first kappa shape index (κ1) is 14.6. The fourth-order valence-electron chi connectivity index (χ4n) is 1.76. The largest absolute Gasteiger partial charge is 0.326 e. The number of benzene rings is 1. The van der Waals surface area contributed by atoms with Gasteiger partial charge in [0.15, 0.2) is 0 Å². The molecule has 2 rings (SSSR count). The van der Waals surface area contributed by atoms with Crippen molar-refractivity contribution in [3.05, 3.63) is 57.0 Å². The van der Waals surface area contributed by atoms with Crippen LogP contribution in [0, 0.1) is 13.8 Å². The molecule has 2 N–H and O–H groups in total. The first-order valence-electron chi connectivity index (χ1n) is 5.78. The minimum Gasteiger partial charge on any atom is -0.326 e. The van der Waals surface area contributed by atoms with Crippen molar-refractivity contribution < 1.29 is 8.42 Å². The molecule has 0 fully saturated rings. The van der Waals surface area contributed by atoms with Gasteiger partial charge in [-0.1, -0.05) is 29.8 Å². The van der Waals surface area contributed by atoms with Crippen molar-refractivity contribution >= 4 is 27.3 Å². The monoisotopic (exact) mass is 312 g/mol. The molecule has 1 heterocycles. The number of anilines is 1. The van der Waals surface area contributed by atoms with Crippen molar-refractivity contribution in [2.24, 2.45) is 0 Å². The Kier molecular flexibility index (Phi) is 3.87. The van der Waals surface area contributed by atoms with Crippen LogP contribution in [-0.2, 0) is 10.0 Å². The molecule has 0 spiro atoms. The normalized spacial score (nSPS) is 11.3. The number of hydrogen-bond acceptors (Lipinski definition) is 3. The maximum absolute atomic E-state index is 12.3. The van der Waals surface area contributed by atoms with Crippen LogP contribution < -0.4 is 10.3 Å². The molecule has 1 aromatic heterocycles. The minimum absolute atomic E-state index is 0.0928. The second-order valence-corrected chi connectivity index (χ2v) is 6.47. The van der Waals surface area contributed by atoms with Crippen LogP contribution >= 0.6 is 11.6 Å². The molecule has 0 unspecified atom stereocenters. The van der Waals surface area contributed by atoms with Crippen LogP contribution in [0.2, 0.25) is 5.02 Å². The van der Waals surface area contributed by atoms with Gasteiger partial charge in [-0.05, 0) is 31.0 Å². The Bertz CT molecular complexity index is 792. The van der Waals surface area contributed by atoms with Gasteiger partial charge >= 0.3 is 0 Å². The van der Waals surface area contributed by atoms with E-state index in [1.807, 2.05) is 32.0 Å². The van der Waals surface area contributed by atoms with Crippen molar-refractivity contribution in [1.82, 2.24) is 4.98 Å². The summed E-state index contributed by atoms with van der Waals surface area (Å²) in [7, 11) is -3.80. The number of sulfonamides is 1. The van der Waals surface area contributed by atoms with E-state index < -0.39 is 15.6 Å². The first-order chi connectivity index (χ1) is 9.31. The van der Waals surface area contributed by atoms with Gasteiger partial charge in [-0.25, -0.2) is 8.42 Å². The predicted molar refractivity (Wildman–Crippen MR) is 78.8 cm³/mol. The molecule has 7 heteroatoms. The maximum atomic E-state index is 12.3. The maximum Gasteiger partial charge on any atom is 0.266 e. The van der Waals surface area contributed by atoms with Crippen LogP contribution in [-0.4, -0.2) is 13.4 Å². The van der Waals surface area contributed by atoms with Gasteiger partial charge in [-0.3, -0.25) is 9.52 Å². The van der Waals surface area contributed by atoms with Gasteiger partial charge in [0.25, 0.3) is 15.6 Å². The second-order valence-electron chi connectivity index (χ2n) is 4.38. The average molecular weight is 313 g/mol. The number of pyridine rings is 1. The molecule has 0 radical (unpaired) electrons. The molecular weight excluding hydrogens is 300 g/mol. The Labute approximate surface area is 121 Å². The summed E-state index contributed by atoms with van der Waals surface area (Å²) in [5.74, 6) is 0. The molecule has 5 nitrogen and oxygen atoms in total. The van der Waals surface area contributed by atoms with E-state index in [4.69, 9.17) is 11.6 Å². The summed E-state index contributed by atoms with van der Waals surface area (Å²) < 4.78 is 27.1. The van der Waals surface area contributed by atoms with E-state index in [1.165, 1.54) is 0 Å². The highest BCUT2D eigenvalue weighted by atomic mass is 35.5. The topological polar surface area (TPSA) is 79.0 Å². The second kappa shape index (κ2) is 5.30. The Morgan fingerprint density at radius 1 is 1.20 bits per heavy atom. The third-order valence-corrected chi connectivity index (χ3v) is 4.47. The Morgan fingerprint density at radius 3 is 2.35 bits per heavy atom. The highest BCUT2D eigenvalue weighted by Gasteiger charge is 2.17. The number of aryl methyl sites for hydroxylation is 2. The highest BCUT2D eigenvalue weighted by Crippen LogP contribution is 2.23. The number of halogens is 1. The van der Waals surface area contributed by atoms with E-state index in [0.717, 1.165) is 23.4 Å². The molecule has 0 aliphatic rings. The Hall–Kier alpha value is -1.79. The summed E-state index contributed by atoms with van der Waals surface area (Å²) in [6.07, 6.45) is 1.12. The molecule has 0 aliphatic carbocycles. The van der Waals surface area contributed by atoms with E-state index in [9.17, 15) is 13.2 Å². The summed E-state index contributed by atoms with van der Waals surface area (Å²) in [5.41, 5.74) is 1.61. The predicted octanol–water partition coefficient (Wildman–Crippen LogP) is 2.45. The zero-order valence-corrected chi connectivity index (χ0v) is 12.5. The van der Waals surface area contributed by atoms with Gasteiger partial charge in [-0.2, -0.15) is 0 Å². The Morgan fingerprint density at radius 2 is 1.80 bits per heavy atom. The van der Waals surface area contributed by atoms with Crippen LogP contribution in [0.1, 0.15) is 11.1 Å². The first-order valence-corrected chi connectivity index (χ1v) is 7.64. The number of H-pyrrole nitrogens is 1. The van der Waals surface area contributed by atoms with Crippen molar-refractivity contribution in [2.45, 2.75) is 18.7 Å². The standard InChI is InChI=1S/C13H13ClN2O3S/c1-8-4-3-5-9(2)12(8)16-20(18,19)10-6-11(14)13(17)15-7-10/h3-7,16H,1-2H3,(H,15,17). The Balaban J connectivity index is 2.46. The molecule has 2 aromatic rings. The molecule has 1 aromatic carbocycles. The van der Waals surface area contributed by atoms with Crippen molar-refractivity contribution in [3.8, 4) is 0 Å². The lowest BCUT2D eigenvalue weighted by Gasteiger charge is -2.13. The minimum atomic E-state index is -3.80. The van der Waals surface area contributed by atoms with Gasteiger partial charge in [0.1, 0.15) is 9.92 Å². The molecule has 0 amide bonds. The fraction of sp³-hybridized carbons (Fsp3) is 0.154. The number of para-hydroxylation sites is 1. The van der Waals surface area contributed by atoms with E-state index in [0.29, 0.717) is 5.69 Å². The van der Waals surface area contributed by atoms with Gasteiger partial charge in [-0.15, -0.1) is 0 Å². The molecule has 0 bridgehead atoms. The van der Waals surface area contributed by atoms with Crippen molar-refractivity contribution in [3.63, 3.8) is 0 Å². The van der Waals surface area contributed by atoms with Crippen LogP contribution in [0.25, 0.3) is 0 Å². The SMILES string of the molecule is Cc1cccc(C)c1NS(=O)(=O)c1c[nH]c(=O)c(Cl)c1. The summed E-state index contributed by atoms with van der Waals surface area (Å²) >= 11 is 5.65. The lowest BCUT2D eigenvalue weighted by atomic mass is 10.1. The van der Waals surface area contributed by atoms with Gasteiger partial charge < -0.3 is 4.98 Å². The fourth-order valence-corrected chi connectivity index (χ4v) is 3.19. The quantitative estimate of drug-likeness (QED) is 0.913. The van der Waals surface area contributed by atoms with Gasteiger partial charge in [0.05, 0.1) is 5.69 Å². The molecule has 20 heavy (non-hydrogen) atoms. The van der Waals surface area contributed by atoms with Gasteiger partial charge in [0.2, 0.25) is 0 Å². The number of hydrogen-bond donors (Lipinski definition) is 2. The van der Waals surface area contributed by atoms with Crippen LogP contribution in [0.15, 0.2) is 40.2 Å². The summed E-state index contributed by atoms with van der Waals surface area (Å²) in [6.45, 7) is 3.62. The van der Waals surface area contributed by atoms with Crippen LogP contribution in [0.5, 0.6) is 0 Å². The number of aromatic nitrogens is 1. The van der Waals surface area contributed by atoms with E-state index in [1.54, 1.807) is 0 Å². The number of rotatable bonds is 3. The lowest BCUT2D eigenvalue weighted by molar-refractivity contribution is 0.600. The van der Waals surface area contributed by atoms with Crippen LogP contribution in [0.4, 0.5) is 5.69 Å². The molecule has 0 aliphatic heterocycles. The molecular formula is C13H13ClN2O3S. The summed E-state index contributed by atoms with van der Waals surface area (Å²) in [6, 6.07) is 6.59. The third kappa shape index (κ3) is 2.86. The third-order valence-electron chi connectivity index (χ3n) is 2.86. The zero-order chi connectivity index (χ0) is 14.9. The summed E-state index contributed by atoms with van der Waals surface area (Å²) in [5, 5.41) is -0.172. The van der Waals surface area contributed by atoms with Crippen molar-refractivity contribution in [2.75, 3.05) is 4.72 Å². The summed E-state index contributed by atoms with van der Waals surface area (Å²) in [4.78, 5) is 13.4. The zero-order valence-electron chi connectivity index (χ0n) is 10.9. The number of nitrogens with one attached hydrogen (secondary N) is 2.